The predicted molar refractivity (Wildman–Crippen MR) is 84.2 cm³/mol. The molecule has 0 bridgehead atoms. The minimum absolute atomic E-state index is 0.0670. The van der Waals surface area contributed by atoms with Crippen LogP contribution in [-0.4, -0.2) is 32.3 Å². The first-order valence-electron chi connectivity index (χ1n) is 7.43. The molecular formula is C16H16N6O. The lowest BCUT2D eigenvalue weighted by Crippen LogP contribution is -2.28. The zero-order valence-corrected chi connectivity index (χ0v) is 12.6. The Bertz CT molecular complexity index is 786. The maximum absolute atomic E-state index is 5.23. The van der Waals surface area contributed by atoms with Gasteiger partial charge in [0, 0.05) is 12.4 Å². The van der Waals surface area contributed by atoms with E-state index in [1.807, 2.05) is 29.1 Å². The number of nitrogens with one attached hydrogen (secondary N) is 1. The number of anilines is 1. The van der Waals surface area contributed by atoms with Gasteiger partial charge in [-0.15, -0.1) is 0 Å². The van der Waals surface area contributed by atoms with Crippen LogP contribution in [-0.2, 0) is 0 Å². The highest BCUT2D eigenvalue weighted by Crippen LogP contribution is 2.37. The van der Waals surface area contributed by atoms with Crippen molar-refractivity contribution in [2.75, 3.05) is 12.4 Å². The van der Waals surface area contributed by atoms with E-state index in [9.17, 15) is 0 Å². The summed E-state index contributed by atoms with van der Waals surface area (Å²) in [5, 5.41) is 15.4. The number of methoxy groups -OCH3 is 1. The van der Waals surface area contributed by atoms with E-state index in [1.165, 1.54) is 0 Å². The van der Waals surface area contributed by atoms with Gasteiger partial charge in [-0.1, -0.05) is 23.3 Å². The van der Waals surface area contributed by atoms with Crippen molar-refractivity contribution in [3.05, 3.63) is 59.9 Å². The third-order valence-electron chi connectivity index (χ3n) is 4.14. The van der Waals surface area contributed by atoms with Crippen molar-refractivity contribution >= 4 is 5.95 Å². The number of fused-ring (bicyclic) bond motifs is 1. The van der Waals surface area contributed by atoms with Crippen molar-refractivity contribution in [1.82, 2.24) is 25.2 Å². The molecule has 4 rings (SSSR count). The molecule has 23 heavy (non-hydrogen) atoms. The molecule has 3 aromatic rings. The third-order valence-corrected chi connectivity index (χ3v) is 4.14. The first kappa shape index (κ1) is 13.7. The lowest BCUT2D eigenvalue weighted by Gasteiger charge is -2.30. The predicted octanol–water partition coefficient (Wildman–Crippen LogP) is 2.22. The van der Waals surface area contributed by atoms with E-state index in [4.69, 9.17) is 4.74 Å². The number of benzene rings is 1. The van der Waals surface area contributed by atoms with Gasteiger partial charge in [0.05, 0.1) is 19.2 Å². The lowest BCUT2D eigenvalue weighted by atomic mass is 9.94. The summed E-state index contributed by atoms with van der Waals surface area (Å²) in [5.41, 5.74) is 2.27. The maximum Gasteiger partial charge on any atom is 0.243 e. The quantitative estimate of drug-likeness (QED) is 0.799. The largest absolute Gasteiger partial charge is 0.497 e. The van der Waals surface area contributed by atoms with Gasteiger partial charge in [0.1, 0.15) is 5.75 Å². The first-order chi connectivity index (χ1) is 11.3. The topological polar surface area (TPSA) is 77.8 Å². The summed E-state index contributed by atoms with van der Waals surface area (Å²) in [5.74, 6) is 1.51. The molecular weight excluding hydrogens is 292 g/mol. The molecule has 0 aliphatic carbocycles. The molecule has 0 fully saturated rings. The number of aromatic nitrogens is 5. The van der Waals surface area contributed by atoms with Crippen LogP contribution in [0.2, 0.25) is 0 Å². The fourth-order valence-corrected chi connectivity index (χ4v) is 2.94. The number of nitrogens with zero attached hydrogens (tertiary/aromatic N) is 5. The van der Waals surface area contributed by atoms with Crippen LogP contribution in [0.15, 0.2) is 48.8 Å². The zero-order valence-electron chi connectivity index (χ0n) is 12.6. The molecule has 1 N–H and O–H groups in total. The molecule has 2 aromatic heterocycles. The lowest BCUT2D eigenvalue weighted by molar-refractivity contribution is 0.410. The van der Waals surface area contributed by atoms with E-state index in [1.54, 1.807) is 13.3 Å². The van der Waals surface area contributed by atoms with Gasteiger partial charge >= 0.3 is 0 Å². The molecule has 1 aromatic carbocycles. The summed E-state index contributed by atoms with van der Waals surface area (Å²) < 4.78 is 7.06. The van der Waals surface area contributed by atoms with Gasteiger partial charge in [-0.2, -0.15) is 0 Å². The van der Waals surface area contributed by atoms with Gasteiger partial charge in [0.15, 0.2) is 0 Å². The average Bonchev–Trinajstić information content (AvgIpc) is 3.10. The standard InChI is InChI=1S/C16H16N6O/c1-23-13-6-4-11(5-7-13)15-9-14(12-3-2-8-17-10-12)18-16-19-20-21-22(15)16/h2-8,10,14-15H,9H2,1H3,(H,18,19,21)/t14-,15+/m1/s1. The van der Waals surface area contributed by atoms with E-state index in [2.05, 4.69) is 44.0 Å². The van der Waals surface area contributed by atoms with Gasteiger partial charge < -0.3 is 10.1 Å². The van der Waals surface area contributed by atoms with E-state index in [-0.39, 0.29) is 12.1 Å². The molecule has 0 saturated heterocycles. The monoisotopic (exact) mass is 308 g/mol. The van der Waals surface area contributed by atoms with Crippen LogP contribution in [0, 0.1) is 0 Å². The van der Waals surface area contributed by atoms with Crippen LogP contribution in [0.1, 0.15) is 29.6 Å². The molecule has 1 aliphatic rings. The van der Waals surface area contributed by atoms with Crippen LogP contribution in [0.5, 0.6) is 5.75 Å². The number of hydrogen-bond acceptors (Lipinski definition) is 6. The fourth-order valence-electron chi connectivity index (χ4n) is 2.94. The van der Waals surface area contributed by atoms with Crippen molar-refractivity contribution < 1.29 is 4.74 Å². The Labute approximate surface area is 133 Å². The second-order valence-electron chi connectivity index (χ2n) is 5.46. The van der Waals surface area contributed by atoms with Crippen molar-refractivity contribution in [2.24, 2.45) is 0 Å². The number of pyridine rings is 1. The molecule has 2 atom stereocenters. The van der Waals surface area contributed by atoms with Crippen LogP contribution in [0.25, 0.3) is 0 Å². The summed E-state index contributed by atoms with van der Waals surface area (Å²) >= 11 is 0. The van der Waals surface area contributed by atoms with Crippen molar-refractivity contribution in [2.45, 2.75) is 18.5 Å². The molecule has 7 nitrogen and oxygen atoms in total. The Kier molecular flexibility index (Phi) is 3.38. The van der Waals surface area contributed by atoms with Crippen molar-refractivity contribution in [3.8, 4) is 5.75 Å². The van der Waals surface area contributed by atoms with E-state index in [0.29, 0.717) is 5.95 Å². The number of hydrogen-bond donors (Lipinski definition) is 1. The second kappa shape index (κ2) is 5.68. The third kappa shape index (κ3) is 2.50. The number of tetrazole rings is 1. The highest BCUT2D eigenvalue weighted by molar-refractivity contribution is 5.38. The Morgan fingerprint density at radius 2 is 2.04 bits per heavy atom. The van der Waals surface area contributed by atoms with E-state index < -0.39 is 0 Å². The first-order valence-corrected chi connectivity index (χ1v) is 7.43. The molecule has 0 radical (unpaired) electrons. The number of rotatable bonds is 3. The molecule has 1 aliphatic heterocycles. The smallest absolute Gasteiger partial charge is 0.243 e. The molecule has 0 amide bonds. The van der Waals surface area contributed by atoms with Gasteiger partial charge in [-0.05, 0) is 46.2 Å². The minimum Gasteiger partial charge on any atom is -0.497 e. The molecule has 0 unspecified atom stereocenters. The highest BCUT2D eigenvalue weighted by Gasteiger charge is 2.30. The highest BCUT2D eigenvalue weighted by atomic mass is 16.5. The molecule has 0 spiro atoms. The summed E-state index contributed by atoms with van der Waals surface area (Å²) in [6.45, 7) is 0. The average molecular weight is 308 g/mol. The van der Waals surface area contributed by atoms with Crippen LogP contribution < -0.4 is 10.1 Å². The fraction of sp³-hybridized carbons (Fsp3) is 0.250. The van der Waals surface area contributed by atoms with Gasteiger partial charge in [0.2, 0.25) is 5.95 Å². The SMILES string of the molecule is COc1ccc([C@@H]2C[C@H](c3cccnc3)Nc3nnnn32)cc1. The molecule has 0 saturated carbocycles. The minimum atomic E-state index is 0.0670. The van der Waals surface area contributed by atoms with Crippen molar-refractivity contribution in [1.29, 1.82) is 0 Å². The Balaban J connectivity index is 1.70. The van der Waals surface area contributed by atoms with Crippen LogP contribution in [0.3, 0.4) is 0 Å². The second-order valence-corrected chi connectivity index (χ2v) is 5.46. The Morgan fingerprint density at radius 1 is 1.17 bits per heavy atom. The Morgan fingerprint density at radius 3 is 2.78 bits per heavy atom. The Hall–Kier alpha value is -2.96. The summed E-state index contributed by atoms with van der Waals surface area (Å²) in [4.78, 5) is 4.21. The summed E-state index contributed by atoms with van der Waals surface area (Å²) in [6.07, 6.45) is 4.50. The van der Waals surface area contributed by atoms with Gasteiger partial charge in [-0.3, -0.25) is 4.98 Å². The van der Waals surface area contributed by atoms with Gasteiger partial charge in [0.25, 0.3) is 0 Å². The van der Waals surface area contributed by atoms with E-state index >= 15 is 0 Å². The van der Waals surface area contributed by atoms with E-state index in [0.717, 1.165) is 23.3 Å². The number of ether oxygens (including phenoxy) is 1. The van der Waals surface area contributed by atoms with Crippen molar-refractivity contribution in [3.63, 3.8) is 0 Å². The molecule has 3 heterocycles. The zero-order chi connectivity index (χ0) is 15.6. The molecule has 116 valence electrons. The summed E-state index contributed by atoms with van der Waals surface area (Å²) in [7, 11) is 1.66. The maximum atomic E-state index is 5.23. The normalized spacial score (nSPS) is 19.7. The summed E-state index contributed by atoms with van der Waals surface area (Å²) in [6, 6.07) is 12.2. The van der Waals surface area contributed by atoms with Gasteiger partial charge in [-0.25, -0.2) is 4.68 Å². The van der Waals surface area contributed by atoms with Crippen LogP contribution >= 0.6 is 0 Å². The van der Waals surface area contributed by atoms with Crippen LogP contribution in [0.4, 0.5) is 5.95 Å². The molecule has 7 heteroatoms.